The first-order valence-corrected chi connectivity index (χ1v) is 8.16. The fourth-order valence-electron chi connectivity index (χ4n) is 2.79. The summed E-state index contributed by atoms with van der Waals surface area (Å²) in [6, 6.07) is 2.52. The molecule has 3 heterocycles. The van der Waals surface area contributed by atoms with E-state index in [0.717, 1.165) is 31.2 Å². The highest BCUT2D eigenvalue weighted by Gasteiger charge is 2.30. The maximum absolute atomic E-state index is 9.52. The van der Waals surface area contributed by atoms with Crippen LogP contribution in [0.3, 0.4) is 0 Å². The normalized spacial score (nSPS) is 18.2. The van der Waals surface area contributed by atoms with E-state index in [-0.39, 0.29) is 5.41 Å². The van der Waals surface area contributed by atoms with Gasteiger partial charge in [-0.2, -0.15) is 0 Å². The van der Waals surface area contributed by atoms with Crippen molar-refractivity contribution in [2.45, 2.75) is 58.7 Å². The van der Waals surface area contributed by atoms with Crippen LogP contribution in [0.5, 0.6) is 0 Å². The quantitative estimate of drug-likeness (QED) is 0.938. The molecule has 0 bridgehead atoms. The molecule has 23 heavy (non-hydrogen) atoms. The molecular formula is C17H26N4O2. The molecule has 0 saturated carbocycles. The molecule has 1 saturated heterocycles. The molecule has 3 rings (SSSR count). The summed E-state index contributed by atoms with van der Waals surface area (Å²) in [7, 11) is 0. The predicted molar refractivity (Wildman–Crippen MR) is 87.1 cm³/mol. The first-order valence-electron chi connectivity index (χ1n) is 8.16. The van der Waals surface area contributed by atoms with Crippen molar-refractivity contribution in [1.82, 2.24) is 19.9 Å². The summed E-state index contributed by atoms with van der Waals surface area (Å²) < 4.78 is 7.77. The summed E-state index contributed by atoms with van der Waals surface area (Å²) in [4.78, 5) is 2.37. The lowest BCUT2D eigenvalue weighted by Crippen LogP contribution is -2.47. The molecule has 1 aliphatic rings. The van der Waals surface area contributed by atoms with Gasteiger partial charge in [0.2, 0.25) is 0 Å². The van der Waals surface area contributed by atoms with Crippen molar-refractivity contribution in [2.24, 2.45) is 0 Å². The van der Waals surface area contributed by atoms with E-state index in [2.05, 4.69) is 42.0 Å². The maximum Gasteiger partial charge on any atom is 0.111 e. The number of aryl methyl sites for hydroxylation is 1. The number of hydrogen-bond donors (Lipinski definition) is 1. The number of aliphatic hydroxyl groups excluding tert-OH is 1. The second-order valence-corrected chi connectivity index (χ2v) is 7.59. The van der Waals surface area contributed by atoms with Crippen LogP contribution in [0.4, 0.5) is 0 Å². The van der Waals surface area contributed by atoms with Crippen molar-refractivity contribution in [1.29, 1.82) is 0 Å². The summed E-state index contributed by atoms with van der Waals surface area (Å²) >= 11 is 0. The average molecular weight is 318 g/mol. The van der Waals surface area contributed by atoms with Crippen molar-refractivity contribution in [3.05, 3.63) is 35.0 Å². The first-order chi connectivity index (χ1) is 10.7. The Labute approximate surface area is 137 Å². The number of aliphatic hydroxyl groups is 1. The molecule has 0 aliphatic carbocycles. The van der Waals surface area contributed by atoms with Crippen LogP contribution >= 0.6 is 0 Å². The lowest BCUT2D eigenvalue weighted by Gasteiger charge is -2.38. The van der Waals surface area contributed by atoms with Crippen molar-refractivity contribution in [3.8, 4) is 0 Å². The second-order valence-electron chi connectivity index (χ2n) is 7.59. The molecule has 126 valence electrons. The predicted octanol–water partition coefficient (Wildman–Crippen LogP) is 2.59. The highest BCUT2D eigenvalue weighted by molar-refractivity contribution is 5.25. The number of nitrogens with zero attached hydrogens (tertiary/aromatic N) is 4. The Morgan fingerprint density at radius 2 is 2.09 bits per heavy atom. The van der Waals surface area contributed by atoms with E-state index in [9.17, 15) is 5.11 Å². The van der Waals surface area contributed by atoms with Crippen LogP contribution in [0, 0.1) is 6.92 Å². The van der Waals surface area contributed by atoms with E-state index in [1.165, 1.54) is 5.56 Å². The Bertz CT molecular complexity index is 675. The van der Waals surface area contributed by atoms with Gasteiger partial charge in [0.15, 0.2) is 0 Å². The van der Waals surface area contributed by atoms with Gasteiger partial charge in [0.05, 0.1) is 18.3 Å². The molecule has 1 atom stereocenters. The van der Waals surface area contributed by atoms with E-state index in [0.29, 0.717) is 11.7 Å². The van der Waals surface area contributed by atoms with Gasteiger partial charge in [-0.05, 0) is 19.9 Å². The van der Waals surface area contributed by atoms with E-state index >= 15 is 0 Å². The van der Waals surface area contributed by atoms with Crippen molar-refractivity contribution in [3.63, 3.8) is 0 Å². The zero-order chi connectivity index (χ0) is 16.8. The summed E-state index contributed by atoms with van der Waals surface area (Å²) in [6.45, 7) is 13.0. The van der Waals surface area contributed by atoms with Crippen molar-refractivity contribution >= 4 is 0 Å². The van der Waals surface area contributed by atoms with Crippen LogP contribution in [0.15, 0.2) is 16.7 Å². The summed E-state index contributed by atoms with van der Waals surface area (Å²) in [5.74, 6) is 2.05. The van der Waals surface area contributed by atoms with Gasteiger partial charge in [0.25, 0.3) is 0 Å². The van der Waals surface area contributed by atoms with Gasteiger partial charge >= 0.3 is 0 Å². The van der Waals surface area contributed by atoms with Gasteiger partial charge in [-0.25, -0.2) is 4.68 Å². The van der Waals surface area contributed by atoms with E-state index in [1.807, 2.05) is 17.8 Å². The zero-order valence-corrected chi connectivity index (χ0v) is 14.6. The number of likely N-dealkylation sites (tertiary alicyclic amines) is 1. The Hall–Kier alpha value is -1.66. The fourth-order valence-corrected chi connectivity index (χ4v) is 2.79. The molecule has 6 heteroatoms. The molecule has 1 unspecified atom stereocenters. The molecular weight excluding hydrogens is 292 g/mol. The number of aromatic nitrogens is 3. The minimum absolute atomic E-state index is 0.0403. The van der Waals surface area contributed by atoms with Crippen LogP contribution in [0.25, 0.3) is 0 Å². The third kappa shape index (κ3) is 3.33. The first kappa shape index (κ1) is 16.2. The van der Waals surface area contributed by atoms with E-state index in [4.69, 9.17) is 4.42 Å². The van der Waals surface area contributed by atoms with Crippen molar-refractivity contribution < 1.29 is 9.52 Å². The van der Waals surface area contributed by atoms with Gasteiger partial charge in [-0.1, -0.05) is 26.0 Å². The SMILES string of the molecule is Cc1oc(C(C)(C)C)cc1CN1CC(n2cc(C(C)O)nn2)C1. The monoisotopic (exact) mass is 318 g/mol. The molecule has 0 amide bonds. The second kappa shape index (κ2) is 5.76. The smallest absolute Gasteiger partial charge is 0.111 e. The lowest BCUT2D eigenvalue weighted by molar-refractivity contribution is 0.0890. The Kier molecular flexibility index (Phi) is 4.06. The topological polar surface area (TPSA) is 67.3 Å². The average Bonchev–Trinajstić information content (AvgIpc) is 2.99. The lowest BCUT2D eigenvalue weighted by atomic mass is 9.93. The van der Waals surface area contributed by atoms with Gasteiger partial charge in [0.1, 0.15) is 17.2 Å². The van der Waals surface area contributed by atoms with Gasteiger partial charge < -0.3 is 9.52 Å². The van der Waals surface area contributed by atoms with Gasteiger partial charge in [0, 0.05) is 30.6 Å². The van der Waals surface area contributed by atoms with Crippen LogP contribution in [0.1, 0.15) is 62.6 Å². The Morgan fingerprint density at radius 1 is 1.39 bits per heavy atom. The summed E-state index contributed by atoms with van der Waals surface area (Å²) in [6.07, 6.45) is 1.28. The van der Waals surface area contributed by atoms with Crippen LogP contribution in [-0.2, 0) is 12.0 Å². The summed E-state index contributed by atoms with van der Waals surface area (Å²) in [5, 5.41) is 17.6. The third-order valence-electron chi connectivity index (χ3n) is 4.42. The number of rotatable bonds is 4. The van der Waals surface area contributed by atoms with Crippen LogP contribution in [-0.4, -0.2) is 38.1 Å². The molecule has 1 fully saturated rings. The molecule has 1 aliphatic heterocycles. The fraction of sp³-hybridized carbons (Fsp3) is 0.647. The zero-order valence-electron chi connectivity index (χ0n) is 14.6. The van der Waals surface area contributed by atoms with E-state index in [1.54, 1.807) is 6.92 Å². The number of hydrogen-bond acceptors (Lipinski definition) is 5. The van der Waals surface area contributed by atoms with Gasteiger partial charge in [-0.3, -0.25) is 4.90 Å². The van der Waals surface area contributed by atoms with Crippen LogP contribution < -0.4 is 0 Å². The minimum atomic E-state index is -0.565. The number of furan rings is 1. The molecule has 2 aromatic rings. The Balaban J connectivity index is 1.59. The molecule has 0 spiro atoms. The minimum Gasteiger partial charge on any atom is -0.465 e. The van der Waals surface area contributed by atoms with Crippen LogP contribution in [0.2, 0.25) is 0 Å². The molecule has 2 aromatic heterocycles. The Morgan fingerprint density at radius 3 is 2.61 bits per heavy atom. The maximum atomic E-state index is 9.52. The van der Waals surface area contributed by atoms with E-state index < -0.39 is 6.10 Å². The third-order valence-corrected chi connectivity index (χ3v) is 4.42. The standard InChI is InChI=1S/C17H26N4O2/c1-11(22)15-10-21(19-18-15)14-8-20(9-14)7-13-6-16(17(3,4)5)23-12(13)2/h6,10-11,14,22H,7-9H2,1-5H3. The van der Waals surface area contributed by atoms with Gasteiger partial charge in [-0.15, -0.1) is 5.10 Å². The highest BCUT2D eigenvalue weighted by atomic mass is 16.3. The summed E-state index contributed by atoms with van der Waals surface area (Å²) in [5.41, 5.74) is 1.93. The molecule has 6 nitrogen and oxygen atoms in total. The largest absolute Gasteiger partial charge is 0.465 e. The molecule has 1 N–H and O–H groups in total. The molecule has 0 aromatic carbocycles. The molecule has 0 radical (unpaired) electrons. The highest BCUT2D eigenvalue weighted by Crippen LogP contribution is 2.30. The van der Waals surface area contributed by atoms with Crippen molar-refractivity contribution in [2.75, 3.05) is 13.1 Å².